The zero-order valence-electron chi connectivity index (χ0n) is 17.3. The van der Waals surface area contributed by atoms with Gasteiger partial charge in [-0.25, -0.2) is 4.79 Å². The number of nitrogens with one attached hydrogen (secondary N) is 1. The van der Waals surface area contributed by atoms with Crippen LogP contribution in [-0.2, 0) is 18.4 Å². The Morgan fingerprint density at radius 1 is 1.07 bits per heavy atom. The van der Waals surface area contributed by atoms with Gasteiger partial charge in [-0.1, -0.05) is 30.7 Å². The molecule has 0 radical (unpaired) electrons. The Hall–Kier alpha value is -1.85. The van der Waals surface area contributed by atoms with Crippen molar-refractivity contribution in [3.05, 3.63) is 68.0 Å². The van der Waals surface area contributed by atoms with Crippen LogP contribution in [0.1, 0.15) is 55.2 Å². The third-order valence-electron chi connectivity index (χ3n) is 6.69. The number of aromatic nitrogens is 2. The molecule has 29 heavy (non-hydrogen) atoms. The highest BCUT2D eigenvalue weighted by molar-refractivity contribution is 5.85. The number of likely N-dealkylation sites (tertiary alicyclic amines) is 1. The monoisotopic (exact) mass is 417 g/mol. The van der Waals surface area contributed by atoms with Crippen molar-refractivity contribution < 1.29 is 0 Å². The molecular formula is C23H32ClN3O2. The van der Waals surface area contributed by atoms with Crippen LogP contribution in [0.5, 0.6) is 0 Å². The summed E-state index contributed by atoms with van der Waals surface area (Å²) in [6.07, 6.45) is 10.1. The number of halogens is 1. The molecule has 158 valence electrons. The summed E-state index contributed by atoms with van der Waals surface area (Å²) in [5.74, 6) is 0. The maximum absolute atomic E-state index is 11.8. The fraction of sp³-hybridized carbons (Fsp3) is 0.565. The average molecular weight is 418 g/mol. The van der Waals surface area contributed by atoms with Gasteiger partial charge in [0.25, 0.3) is 5.56 Å². The fourth-order valence-electron chi connectivity index (χ4n) is 5.16. The highest BCUT2D eigenvalue weighted by Gasteiger charge is 2.41. The van der Waals surface area contributed by atoms with Crippen molar-refractivity contribution in [3.8, 4) is 0 Å². The van der Waals surface area contributed by atoms with Gasteiger partial charge in [-0.05, 0) is 69.7 Å². The highest BCUT2D eigenvalue weighted by Crippen LogP contribution is 2.43. The number of benzene rings is 1. The van der Waals surface area contributed by atoms with E-state index >= 15 is 0 Å². The summed E-state index contributed by atoms with van der Waals surface area (Å²) in [6.45, 7) is 5.95. The van der Waals surface area contributed by atoms with Crippen molar-refractivity contribution >= 4 is 12.4 Å². The van der Waals surface area contributed by atoms with Crippen molar-refractivity contribution in [2.24, 2.45) is 0 Å². The Balaban J connectivity index is 0.00000240. The lowest BCUT2D eigenvalue weighted by Gasteiger charge is -2.36. The predicted octanol–water partition coefficient (Wildman–Crippen LogP) is 3.42. The molecular weight excluding hydrogens is 386 g/mol. The summed E-state index contributed by atoms with van der Waals surface area (Å²) in [6, 6.07) is 9.07. The van der Waals surface area contributed by atoms with Crippen molar-refractivity contribution in [2.45, 2.75) is 63.8 Å². The van der Waals surface area contributed by atoms with Gasteiger partial charge in [0.05, 0.1) is 0 Å². The molecule has 1 aromatic heterocycles. The Labute approximate surface area is 178 Å². The first kappa shape index (κ1) is 21.8. The second-order valence-electron chi connectivity index (χ2n) is 8.64. The Morgan fingerprint density at radius 2 is 1.86 bits per heavy atom. The lowest BCUT2D eigenvalue weighted by Crippen LogP contribution is -2.34. The molecule has 1 aromatic carbocycles. The van der Waals surface area contributed by atoms with E-state index in [2.05, 4.69) is 34.1 Å². The fourth-order valence-corrected chi connectivity index (χ4v) is 5.16. The summed E-state index contributed by atoms with van der Waals surface area (Å²) in [7, 11) is 0. The topological polar surface area (TPSA) is 58.1 Å². The number of aryl methyl sites for hydroxylation is 3. The molecule has 2 heterocycles. The Morgan fingerprint density at radius 3 is 2.72 bits per heavy atom. The maximum atomic E-state index is 11.8. The number of hydrogen-bond acceptors (Lipinski definition) is 3. The van der Waals surface area contributed by atoms with E-state index in [9.17, 15) is 9.59 Å². The molecule has 1 spiro atoms. The number of fused-ring (bicyclic) bond motifs is 2. The van der Waals surface area contributed by atoms with Gasteiger partial charge in [0.15, 0.2) is 0 Å². The van der Waals surface area contributed by atoms with Gasteiger partial charge in [-0.3, -0.25) is 9.78 Å². The van der Waals surface area contributed by atoms with Crippen molar-refractivity contribution in [2.75, 3.05) is 19.6 Å². The van der Waals surface area contributed by atoms with E-state index in [1.165, 1.54) is 38.8 Å². The third kappa shape index (κ3) is 4.67. The zero-order chi connectivity index (χ0) is 19.6. The maximum Gasteiger partial charge on any atom is 0.328 e. The minimum absolute atomic E-state index is 0. The van der Waals surface area contributed by atoms with Crippen LogP contribution in [0.4, 0.5) is 0 Å². The summed E-state index contributed by atoms with van der Waals surface area (Å²) >= 11 is 0. The van der Waals surface area contributed by atoms with Gasteiger partial charge in [0.2, 0.25) is 0 Å². The molecule has 1 saturated heterocycles. The van der Waals surface area contributed by atoms with Crippen LogP contribution in [0, 0.1) is 6.92 Å². The van der Waals surface area contributed by atoms with Crippen LogP contribution in [0.15, 0.2) is 40.1 Å². The first-order valence-electron chi connectivity index (χ1n) is 10.7. The normalized spacial score (nSPS) is 21.1. The quantitative estimate of drug-likeness (QED) is 0.732. The molecule has 1 unspecified atom stereocenters. The third-order valence-corrected chi connectivity index (χ3v) is 6.69. The first-order chi connectivity index (χ1) is 13.6. The zero-order valence-corrected chi connectivity index (χ0v) is 18.1. The van der Waals surface area contributed by atoms with E-state index in [0.29, 0.717) is 17.5 Å². The van der Waals surface area contributed by atoms with Crippen LogP contribution in [0.25, 0.3) is 0 Å². The lowest BCUT2D eigenvalue weighted by molar-refractivity contribution is 0.286. The summed E-state index contributed by atoms with van der Waals surface area (Å²) in [4.78, 5) is 28.3. The van der Waals surface area contributed by atoms with Crippen LogP contribution in [0.2, 0.25) is 0 Å². The van der Waals surface area contributed by atoms with Crippen LogP contribution in [0.3, 0.4) is 0 Å². The molecule has 0 saturated carbocycles. The van der Waals surface area contributed by atoms with Gasteiger partial charge in [-0.15, -0.1) is 12.4 Å². The molecule has 2 aliphatic rings. The Bertz CT molecular complexity index is 952. The highest BCUT2D eigenvalue weighted by atomic mass is 35.5. The van der Waals surface area contributed by atoms with Gasteiger partial charge in [0.1, 0.15) is 0 Å². The summed E-state index contributed by atoms with van der Waals surface area (Å²) in [5, 5.41) is 0. The number of rotatable bonds is 6. The second kappa shape index (κ2) is 9.31. The molecule has 1 aliphatic carbocycles. The molecule has 0 amide bonds. The van der Waals surface area contributed by atoms with Gasteiger partial charge < -0.3 is 9.47 Å². The van der Waals surface area contributed by atoms with E-state index in [4.69, 9.17) is 0 Å². The Kier molecular flexibility index (Phi) is 7.01. The largest absolute Gasteiger partial charge is 0.328 e. The predicted molar refractivity (Wildman–Crippen MR) is 119 cm³/mol. The number of unbranched alkanes of at least 4 members (excludes halogenated alkanes) is 2. The van der Waals surface area contributed by atoms with E-state index in [-0.39, 0.29) is 23.7 Å². The molecule has 6 heteroatoms. The number of nitrogens with zero attached hydrogens (tertiary/aromatic N) is 2. The van der Waals surface area contributed by atoms with Crippen molar-refractivity contribution in [1.29, 1.82) is 0 Å². The molecule has 2 aromatic rings. The lowest BCUT2D eigenvalue weighted by atomic mass is 9.69. The molecule has 5 nitrogen and oxygen atoms in total. The summed E-state index contributed by atoms with van der Waals surface area (Å²) < 4.78 is 1.63. The minimum atomic E-state index is -0.298. The standard InChI is InChI=1S/C23H31N3O2.ClH/c1-18-16-26(22(28)24-21(18)27)14-6-2-5-13-25-15-12-23(17-25)11-7-9-19-8-3-4-10-20(19)23;/h3-4,8,10,16H,2,5-7,9,11-15,17H2,1H3,(H,24,27,28);1H. The molecule has 0 bridgehead atoms. The molecule has 1 aliphatic heterocycles. The smallest absolute Gasteiger partial charge is 0.302 e. The number of hydrogen-bond donors (Lipinski definition) is 1. The molecule has 1 fully saturated rings. The minimum Gasteiger partial charge on any atom is -0.302 e. The molecule has 1 N–H and O–H groups in total. The average Bonchev–Trinajstić information content (AvgIpc) is 3.09. The number of aromatic amines is 1. The molecule has 1 atom stereocenters. The van der Waals surface area contributed by atoms with Crippen LogP contribution < -0.4 is 11.2 Å². The summed E-state index contributed by atoms with van der Waals surface area (Å²) in [5.41, 5.74) is 3.57. The van der Waals surface area contributed by atoms with E-state index in [0.717, 1.165) is 25.8 Å². The van der Waals surface area contributed by atoms with Gasteiger partial charge in [0, 0.05) is 30.3 Å². The van der Waals surface area contributed by atoms with E-state index in [1.807, 2.05) is 0 Å². The molecule has 4 rings (SSSR count). The SMILES string of the molecule is Cc1cn(CCCCCN2CCC3(CCCc4ccccc43)C2)c(=O)[nH]c1=O.Cl. The number of H-pyrrole nitrogens is 1. The van der Waals surface area contributed by atoms with E-state index < -0.39 is 0 Å². The van der Waals surface area contributed by atoms with Gasteiger partial charge >= 0.3 is 5.69 Å². The van der Waals surface area contributed by atoms with Crippen LogP contribution >= 0.6 is 12.4 Å². The van der Waals surface area contributed by atoms with E-state index in [1.54, 1.807) is 28.8 Å². The first-order valence-corrected chi connectivity index (χ1v) is 10.7. The van der Waals surface area contributed by atoms with Crippen molar-refractivity contribution in [1.82, 2.24) is 14.5 Å². The van der Waals surface area contributed by atoms with Gasteiger partial charge in [-0.2, -0.15) is 0 Å². The van der Waals surface area contributed by atoms with Crippen LogP contribution in [-0.4, -0.2) is 34.1 Å². The second-order valence-corrected chi connectivity index (χ2v) is 8.64. The van der Waals surface area contributed by atoms with Crippen molar-refractivity contribution in [3.63, 3.8) is 0 Å².